The van der Waals surface area contributed by atoms with Gasteiger partial charge in [-0.05, 0) is 42.5 Å². The Labute approximate surface area is 122 Å². The molecule has 0 spiro atoms. The minimum Gasteiger partial charge on any atom is -0.396 e. The Kier molecular flexibility index (Phi) is 4.64. The molecule has 0 saturated heterocycles. The average molecular weight is 310 g/mol. The first-order chi connectivity index (χ1) is 9.95. The molecule has 0 aliphatic carbocycles. The smallest absolute Gasteiger partial charge is 0.237 e. The summed E-state index contributed by atoms with van der Waals surface area (Å²) in [6.07, 6.45) is 0. The maximum atomic E-state index is 13.3. The molecule has 2 aromatic carbocycles. The highest BCUT2D eigenvalue weighted by molar-refractivity contribution is 7.85. The van der Waals surface area contributed by atoms with Gasteiger partial charge in [0.2, 0.25) is 5.91 Å². The SMILES string of the molecule is Nc1ccc(S(=O)CC(=O)Nc2ccc(F)cc2)cc1F. The molecular weight excluding hydrogens is 298 g/mol. The van der Waals surface area contributed by atoms with Crippen molar-refractivity contribution in [1.29, 1.82) is 0 Å². The van der Waals surface area contributed by atoms with Gasteiger partial charge >= 0.3 is 0 Å². The van der Waals surface area contributed by atoms with Gasteiger partial charge in [-0.3, -0.25) is 9.00 Å². The van der Waals surface area contributed by atoms with Gasteiger partial charge in [-0.1, -0.05) is 0 Å². The van der Waals surface area contributed by atoms with E-state index >= 15 is 0 Å². The van der Waals surface area contributed by atoms with E-state index in [-0.39, 0.29) is 16.3 Å². The van der Waals surface area contributed by atoms with Crippen LogP contribution in [0.1, 0.15) is 0 Å². The van der Waals surface area contributed by atoms with Crippen LogP contribution >= 0.6 is 0 Å². The van der Waals surface area contributed by atoms with Crippen LogP contribution in [-0.4, -0.2) is 15.9 Å². The highest BCUT2D eigenvalue weighted by Crippen LogP contribution is 2.15. The van der Waals surface area contributed by atoms with Crippen LogP contribution in [0.5, 0.6) is 0 Å². The molecule has 0 aliphatic heterocycles. The number of amides is 1. The number of nitrogens with one attached hydrogen (secondary N) is 1. The third-order valence-corrected chi connectivity index (χ3v) is 3.93. The fourth-order valence-electron chi connectivity index (χ4n) is 1.58. The molecule has 0 bridgehead atoms. The third-order valence-electron chi connectivity index (χ3n) is 2.62. The Morgan fingerprint density at radius 1 is 1.14 bits per heavy atom. The summed E-state index contributed by atoms with van der Waals surface area (Å²) in [6, 6.07) is 8.90. The predicted octanol–water partition coefficient (Wildman–Crippen LogP) is 2.29. The lowest BCUT2D eigenvalue weighted by Crippen LogP contribution is -2.19. The fourth-order valence-corrected chi connectivity index (χ4v) is 2.51. The van der Waals surface area contributed by atoms with E-state index in [4.69, 9.17) is 5.73 Å². The minimum atomic E-state index is -1.69. The zero-order chi connectivity index (χ0) is 15.4. The molecule has 4 nitrogen and oxygen atoms in total. The maximum Gasteiger partial charge on any atom is 0.237 e. The van der Waals surface area contributed by atoms with Crippen molar-refractivity contribution in [2.45, 2.75) is 4.90 Å². The van der Waals surface area contributed by atoms with E-state index < -0.39 is 28.3 Å². The van der Waals surface area contributed by atoms with E-state index in [9.17, 15) is 17.8 Å². The highest BCUT2D eigenvalue weighted by atomic mass is 32.2. The molecule has 0 saturated carbocycles. The lowest BCUT2D eigenvalue weighted by molar-refractivity contribution is -0.113. The van der Waals surface area contributed by atoms with Gasteiger partial charge in [-0.2, -0.15) is 0 Å². The summed E-state index contributed by atoms with van der Waals surface area (Å²) in [5, 5.41) is 2.48. The highest BCUT2D eigenvalue weighted by Gasteiger charge is 2.12. The van der Waals surface area contributed by atoms with E-state index in [1.54, 1.807) is 0 Å². The molecule has 0 fully saturated rings. The second kappa shape index (κ2) is 6.45. The van der Waals surface area contributed by atoms with Crippen LogP contribution in [0.15, 0.2) is 47.4 Å². The summed E-state index contributed by atoms with van der Waals surface area (Å²) >= 11 is 0. The Bertz CT molecular complexity index is 690. The number of benzene rings is 2. The third kappa shape index (κ3) is 4.09. The molecule has 1 unspecified atom stereocenters. The first kappa shape index (κ1) is 15.1. The summed E-state index contributed by atoms with van der Waals surface area (Å²) in [5.41, 5.74) is 5.66. The number of nitrogens with two attached hydrogens (primary N) is 1. The largest absolute Gasteiger partial charge is 0.396 e. The number of rotatable bonds is 4. The Morgan fingerprint density at radius 3 is 2.43 bits per heavy atom. The molecular formula is C14H12F2N2O2S. The van der Waals surface area contributed by atoms with Crippen LogP contribution in [0.2, 0.25) is 0 Å². The van der Waals surface area contributed by atoms with Crippen molar-refractivity contribution in [3.63, 3.8) is 0 Å². The summed E-state index contributed by atoms with van der Waals surface area (Å²) in [4.78, 5) is 11.9. The van der Waals surface area contributed by atoms with E-state index in [2.05, 4.69) is 5.32 Å². The molecule has 7 heteroatoms. The Balaban J connectivity index is 2.00. The molecule has 1 atom stereocenters. The standard InChI is InChI=1S/C14H12F2N2O2S/c15-9-1-3-10(4-2-9)18-14(19)8-21(20)11-5-6-13(17)12(16)7-11/h1-7H,8,17H2,(H,18,19). The lowest BCUT2D eigenvalue weighted by atomic mass is 10.3. The number of hydrogen-bond donors (Lipinski definition) is 2. The van der Waals surface area contributed by atoms with Crippen LogP contribution in [-0.2, 0) is 15.6 Å². The minimum absolute atomic E-state index is 0.0495. The molecule has 2 aromatic rings. The molecule has 0 aliphatic rings. The second-order valence-corrected chi connectivity index (χ2v) is 5.68. The van der Waals surface area contributed by atoms with Crippen molar-refractivity contribution in [2.75, 3.05) is 16.8 Å². The van der Waals surface area contributed by atoms with Gasteiger partial charge < -0.3 is 11.1 Å². The van der Waals surface area contributed by atoms with Crippen molar-refractivity contribution in [3.8, 4) is 0 Å². The molecule has 0 radical (unpaired) electrons. The normalized spacial score (nSPS) is 11.9. The topological polar surface area (TPSA) is 72.2 Å². The zero-order valence-corrected chi connectivity index (χ0v) is 11.6. The van der Waals surface area contributed by atoms with Crippen LogP contribution in [0.3, 0.4) is 0 Å². The maximum absolute atomic E-state index is 13.3. The monoisotopic (exact) mass is 310 g/mol. The Morgan fingerprint density at radius 2 is 1.81 bits per heavy atom. The molecule has 1 amide bonds. The van der Waals surface area contributed by atoms with Crippen LogP contribution < -0.4 is 11.1 Å². The molecule has 0 heterocycles. The van der Waals surface area contributed by atoms with Crippen molar-refractivity contribution in [2.24, 2.45) is 0 Å². The molecule has 2 rings (SSSR count). The zero-order valence-electron chi connectivity index (χ0n) is 10.8. The Hall–Kier alpha value is -2.28. The van der Waals surface area contributed by atoms with Gasteiger partial charge in [-0.25, -0.2) is 8.78 Å². The quantitative estimate of drug-likeness (QED) is 0.851. The van der Waals surface area contributed by atoms with Crippen LogP contribution in [0, 0.1) is 11.6 Å². The van der Waals surface area contributed by atoms with E-state index in [1.165, 1.54) is 36.4 Å². The summed E-state index contributed by atoms with van der Waals surface area (Å²) in [7, 11) is -1.69. The van der Waals surface area contributed by atoms with Gasteiger partial charge in [0.05, 0.1) is 16.5 Å². The first-order valence-corrected chi connectivity index (χ1v) is 7.26. The number of carbonyl (C=O) groups excluding carboxylic acids is 1. The summed E-state index contributed by atoms with van der Waals surface area (Å²) in [5.74, 6) is -1.95. The first-order valence-electron chi connectivity index (χ1n) is 5.94. The summed E-state index contributed by atoms with van der Waals surface area (Å²) in [6.45, 7) is 0. The van der Waals surface area contributed by atoms with Gasteiger partial charge in [0, 0.05) is 10.6 Å². The van der Waals surface area contributed by atoms with Gasteiger partial charge in [0.15, 0.2) is 0 Å². The predicted molar refractivity (Wildman–Crippen MR) is 77.1 cm³/mol. The number of carbonyl (C=O) groups is 1. The fraction of sp³-hybridized carbons (Fsp3) is 0.0714. The second-order valence-electron chi connectivity index (χ2n) is 4.23. The van der Waals surface area contributed by atoms with Gasteiger partial charge in [0.25, 0.3) is 0 Å². The number of hydrogen-bond acceptors (Lipinski definition) is 3. The number of nitrogen functional groups attached to an aromatic ring is 1. The summed E-state index contributed by atoms with van der Waals surface area (Å²) < 4.78 is 37.9. The van der Waals surface area contributed by atoms with Gasteiger partial charge in [-0.15, -0.1) is 0 Å². The van der Waals surface area contributed by atoms with E-state index in [0.29, 0.717) is 5.69 Å². The number of anilines is 2. The molecule has 3 N–H and O–H groups in total. The average Bonchev–Trinajstić information content (AvgIpc) is 2.44. The molecule has 21 heavy (non-hydrogen) atoms. The lowest BCUT2D eigenvalue weighted by Gasteiger charge is -2.06. The van der Waals surface area contributed by atoms with Crippen LogP contribution in [0.25, 0.3) is 0 Å². The van der Waals surface area contributed by atoms with Gasteiger partial charge in [0.1, 0.15) is 17.4 Å². The van der Waals surface area contributed by atoms with Crippen molar-refractivity contribution in [1.82, 2.24) is 0 Å². The molecule has 0 aromatic heterocycles. The van der Waals surface area contributed by atoms with Crippen molar-refractivity contribution >= 4 is 28.1 Å². The van der Waals surface area contributed by atoms with Crippen molar-refractivity contribution < 1.29 is 17.8 Å². The molecule has 110 valence electrons. The number of halogens is 2. The van der Waals surface area contributed by atoms with Crippen molar-refractivity contribution in [3.05, 3.63) is 54.1 Å². The van der Waals surface area contributed by atoms with E-state index in [1.807, 2.05) is 0 Å². The van der Waals surface area contributed by atoms with E-state index in [0.717, 1.165) is 6.07 Å². The van der Waals surface area contributed by atoms with Crippen LogP contribution in [0.4, 0.5) is 20.2 Å².